The maximum absolute atomic E-state index is 12.0. The molecular weight excluding hydrogens is 378 g/mol. The number of para-hydroxylation sites is 1. The maximum Gasteiger partial charge on any atom is 0.222 e. The van der Waals surface area contributed by atoms with Crippen LogP contribution in [0.1, 0.15) is 51.1 Å². The second-order valence-electron chi connectivity index (χ2n) is 8.04. The van der Waals surface area contributed by atoms with Crippen molar-refractivity contribution in [2.24, 2.45) is 4.99 Å². The van der Waals surface area contributed by atoms with E-state index >= 15 is 0 Å². The smallest absolute Gasteiger partial charge is 0.222 e. The highest BCUT2D eigenvalue weighted by Crippen LogP contribution is 2.31. The second-order valence-corrected chi connectivity index (χ2v) is 8.04. The van der Waals surface area contributed by atoms with E-state index in [1.165, 1.54) is 18.4 Å². The van der Waals surface area contributed by atoms with Gasteiger partial charge < -0.3 is 20.3 Å². The first-order valence-electron chi connectivity index (χ1n) is 11.4. The Balaban J connectivity index is 1.72. The quantitative estimate of drug-likeness (QED) is 0.504. The molecule has 2 saturated heterocycles. The standard InChI is InChI=1S/C23H37N5O2/c1-4-22(29)28-15-12-18(17-28)26-23(24-5-2)25-16-20(27-13-8-9-14-27)19-10-6-7-11-21(19)30-3/h6-7,10-11,18,20H,4-5,8-9,12-17H2,1-3H3,(H2,24,25,26). The zero-order valence-electron chi connectivity index (χ0n) is 18.7. The van der Waals surface area contributed by atoms with Crippen LogP contribution in [0.5, 0.6) is 5.75 Å². The fourth-order valence-corrected chi connectivity index (χ4v) is 4.42. The predicted octanol–water partition coefficient (Wildman–Crippen LogP) is 2.40. The molecule has 0 bridgehead atoms. The van der Waals surface area contributed by atoms with Crippen LogP contribution < -0.4 is 15.4 Å². The van der Waals surface area contributed by atoms with Gasteiger partial charge in [-0.25, -0.2) is 0 Å². The van der Waals surface area contributed by atoms with Crippen molar-refractivity contribution in [3.05, 3.63) is 29.8 Å². The molecule has 2 aliphatic rings. The lowest BCUT2D eigenvalue weighted by atomic mass is 10.0. The second kappa shape index (κ2) is 11.2. The third kappa shape index (κ3) is 5.65. The molecule has 2 heterocycles. The highest BCUT2D eigenvalue weighted by molar-refractivity contribution is 5.80. The SMILES string of the molecule is CCNC(=NCC(c1ccccc1OC)N1CCCC1)NC1CCN(C(=O)CC)C1. The van der Waals surface area contributed by atoms with E-state index in [9.17, 15) is 4.79 Å². The van der Waals surface area contributed by atoms with Crippen LogP contribution in [0.25, 0.3) is 0 Å². The molecule has 7 nitrogen and oxygen atoms in total. The van der Waals surface area contributed by atoms with Crippen molar-refractivity contribution in [2.45, 2.75) is 51.6 Å². The van der Waals surface area contributed by atoms with Gasteiger partial charge >= 0.3 is 0 Å². The number of methoxy groups -OCH3 is 1. The Morgan fingerprint density at radius 2 is 2.00 bits per heavy atom. The van der Waals surface area contributed by atoms with Crippen LogP contribution in [0.3, 0.4) is 0 Å². The van der Waals surface area contributed by atoms with Crippen molar-refractivity contribution in [3.63, 3.8) is 0 Å². The molecule has 1 amide bonds. The number of benzene rings is 1. The molecule has 0 radical (unpaired) electrons. The van der Waals surface area contributed by atoms with Crippen LogP contribution in [0.15, 0.2) is 29.3 Å². The largest absolute Gasteiger partial charge is 0.496 e. The van der Waals surface area contributed by atoms with Crippen LogP contribution in [0.2, 0.25) is 0 Å². The van der Waals surface area contributed by atoms with Crippen molar-refractivity contribution in [3.8, 4) is 5.75 Å². The van der Waals surface area contributed by atoms with Crippen LogP contribution in [-0.2, 0) is 4.79 Å². The van der Waals surface area contributed by atoms with E-state index in [-0.39, 0.29) is 18.0 Å². The molecule has 2 aliphatic heterocycles. The highest BCUT2D eigenvalue weighted by atomic mass is 16.5. The molecule has 2 unspecified atom stereocenters. The molecule has 2 atom stereocenters. The van der Waals surface area contributed by atoms with Gasteiger partial charge in [-0.3, -0.25) is 14.7 Å². The number of ether oxygens (including phenoxy) is 1. The fourth-order valence-electron chi connectivity index (χ4n) is 4.42. The van der Waals surface area contributed by atoms with Crippen LogP contribution in [-0.4, -0.2) is 74.1 Å². The Morgan fingerprint density at radius 3 is 2.70 bits per heavy atom. The van der Waals surface area contributed by atoms with Gasteiger partial charge in [-0.2, -0.15) is 0 Å². The van der Waals surface area contributed by atoms with Gasteiger partial charge in [0.2, 0.25) is 5.91 Å². The molecule has 1 aromatic carbocycles. The summed E-state index contributed by atoms with van der Waals surface area (Å²) in [5.74, 6) is 1.98. The first kappa shape index (κ1) is 22.4. The zero-order chi connectivity index (χ0) is 21.3. The Bertz CT molecular complexity index is 717. The van der Waals surface area contributed by atoms with Gasteiger partial charge in [-0.1, -0.05) is 25.1 Å². The Morgan fingerprint density at radius 1 is 1.23 bits per heavy atom. The molecular formula is C23H37N5O2. The average Bonchev–Trinajstić information content (AvgIpc) is 3.46. The first-order valence-corrected chi connectivity index (χ1v) is 11.4. The maximum atomic E-state index is 12.0. The Labute approximate surface area is 180 Å². The molecule has 3 rings (SSSR count). The summed E-state index contributed by atoms with van der Waals surface area (Å²) in [6.07, 6.45) is 3.99. The predicted molar refractivity (Wildman–Crippen MR) is 121 cm³/mol. The number of guanidine groups is 1. The van der Waals surface area contributed by atoms with E-state index in [4.69, 9.17) is 9.73 Å². The van der Waals surface area contributed by atoms with Gasteiger partial charge in [0.25, 0.3) is 0 Å². The van der Waals surface area contributed by atoms with Gasteiger partial charge in [0.05, 0.1) is 19.7 Å². The van der Waals surface area contributed by atoms with Crippen molar-refractivity contribution >= 4 is 11.9 Å². The monoisotopic (exact) mass is 415 g/mol. The first-order chi connectivity index (χ1) is 14.7. The number of nitrogens with one attached hydrogen (secondary N) is 2. The van der Waals surface area contributed by atoms with E-state index in [1.54, 1.807) is 7.11 Å². The third-order valence-electron chi connectivity index (χ3n) is 6.03. The molecule has 7 heteroatoms. The van der Waals surface area contributed by atoms with Gasteiger partial charge in [-0.15, -0.1) is 0 Å². The lowest BCUT2D eigenvalue weighted by molar-refractivity contribution is -0.129. The van der Waals surface area contributed by atoms with Crippen molar-refractivity contribution in [1.29, 1.82) is 0 Å². The van der Waals surface area contributed by atoms with E-state index in [0.717, 1.165) is 50.9 Å². The zero-order valence-corrected chi connectivity index (χ0v) is 18.7. The summed E-state index contributed by atoms with van der Waals surface area (Å²) in [6, 6.07) is 8.72. The lowest BCUT2D eigenvalue weighted by Crippen LogP contribution is -2.45. The normalized spacial score (nSPS) is 21.0. The summed E-state index contributed by atoms with van der Waals surface area (Å²) in [4.78, 5) is 21.4. The summed E-state index contributed by atoms with van der Waals surface area (Å²) in [5, 5.41) is 6.93. The molecule has 0 aliphatic carbocycles. The van der Waals surface area contributed by atoms with Crippen LogP contribution >= 0.6 is 0 Å². The third-order valence-corrected chi connectivity index (χ3v) is 6.03. The summed E-state index contributed by atoms with van der Waals surface area (Å²) in [7, 11) is 1.73. The summed E-state index contributed by atoms with van der Waals surface area (Å²) < 4.78 is 5.65. The van der Waals surface area contributed by atoms with Gasteiger partial charge in [0.1, 0.15) is 5.75 Å². The molecule has 166 valence electrons. The molecule has 1 aromatic rings. The van der Waals surface area contributed by atoms with Crippen LogP contribution in [0, 0.1) is 0 Å². The van der Waals surface area contributed by atoms with Crippen molar-refractivity contribution < 1.29 is 9.53 Å². The van der Waals surface area contributed by atoms with E-state index in [1.807, 2.05) is 24.0 Å². The molecule has 0 aromatic heterocycles. The number of likely N-dealkylation sites (tertiary alicyclic amines) is 2. The number of carbonyl (C=O) groups excluding carboxylic acids is 1. The van der Waals surface area contributed by atoms with Crippen molar-refractivity contribution in [2.75, 3.05) is 46.4 Å². The minimum absolute atomic E-state index is 0.195. The molecule has 2 N–H and O–H groups in total. The molecule has 2 fully saturated rings. The Kier molecular flexibility index (Phi) is 8.37. The molecule has 0 saturated carbocycles. The number of carbonyl (C=O) groups is 1. The van der Waals surface area contributed by atoms with Gasteiger partial charge in [0.15, 0.2) is 5.96 Å². The molecule has 30 heavy (non-hydrogen) atoms. The highest BCUT2D eigenvalue weighted by Gasteiger charge is 2.27. The number of aliphatic imine (C=N–C) groups is 1. The fraction of sp³-hybridized carbons (Fsp3) is 0.652. The lowest BCUT2D eigenvalue weighted by Gasteiger charge is -2.28. The molecule has 0 spiro atoms. The minimum atomic E-state index is 0.195. The number of hydrogen-bond acceptors (Lipinski definition) is 4. The number of rotatable bonds is 8. The van der Waals surface area contributed by atoms with Crippen LogP contribution in [0.4, 0.5) is 0 Å². The minimum Gasteiger partial charge on any atom is -0.496 e. The van der Waals surface area contributed by atoms with Crippen molar-refractivity contribution in [1.82, 2.24) is 20.4 Å². The number of amides is 1. The van der Waals surface area contributed by atoms with E-state index < -0.39 is 0 Å². The van der Waals surface area contributed by atoms with E-state index in [2.05, 4.69) is 34.6 Å². The topological polar surface area (TPSA) is 69.2 Å². The Hall–Kier alpha value is -2.28. The summed E-state index contributed by atoms with van der Waals surface area (Å²) in [5.41, 5.74) is 1.20. The van der Waals surface area contributed by atoms with E-state index in [0.29, 0.717) is 13.0 Å². The number of hydrogen-bond donors (Lipinski definition) is 2. The average molecular weight is 416 g/mol. The summed E-state index contributed by atoms with van der Waals surface area (Å²) >= 11 is 0. The van der Waals surface area contributed by atoms with Gasteiger partial charge in [0, 0.05) is 37.7 Å². The van der Waals surface area contributed by atoms with Gasteiger partial charge in [-0.05, 0) is 45.3 Å². The summed E-state index contributed by atoms with van der Waals surface area (Å²) in [6.45, 7) is 9.24. The number of nitrogens with zero attached hydrogens (tertiary/aromatic N) is 3.